The Morgan fingerprint density at radius 2 is 2.02 bits per heavy atom. The van der Waals surface area contributed by atoms with E-state index in [1.165, 1.54) is 0 Å². The number of unbranched alkanes of at least 4 members (excludes halogenated alkanes) is 1. The van der Waals surface area contributed by atoms with Gasteiger partial charge in [0.25, 0.3) is 0 Å². The third kappa shape index (κ3) is 4.00. The van der Waals surface area contributed by atoms with E-state index in [0.29, 0.717) is 55.0 Å². The van der Waals surface area contributed by atoms with Crippen molar-refractivity contribution in [1.82, 2.24) is 4.90 Å². The fourth-order valence-electron chi connectivity index (χ4n) is 9.50. The van der Waals surface area contributed by atoms with Crippen molar-refractivity contribution in [2.24, 2.45) is 5.92 Å². The van der Waals surface area contributed by atoms with E-state index in [1.807, 2.05) is 41.3 Å². The number of Topliss-reactive ketones (excluding diaryl/α,β-unsaturated/α-hetero) is 1. The van der Waals surface area contributed by atoms with Gasteiger partial charge in [-0.2, -0.15) is 0 Å². The zero-order valence-electron chi connectivity index (χ0n) is 25.6. The number of fused-ring (bicyclic) bond motifs is 2. The summed E-state index contributed by atoms with van der Waals surface area (Å²) in [6.07, 6.45) is 9.36. The van der Waals surface area contributed by atoms with Gasteiger partial charge in [-0.15, -0.1) is 6.58 Å². The van der Waals surface area contributed by atoms with E-state index >= 15 is 0 Å². The molecular formula is C36H44N2O5. The number of hydrogen-bond acceptors (Lipinski definition) is 6. The van der Waals surface area contributed by atoms with Crippen molar-refractivity contribution in [3.05, 3.63) is 65.2 Å². The van der Waals surface area contributed by atoms with Crippen LogP contribution in [0.2, 0.25) is 0 Å². The number of carbonyl (C=O) groups is 2. The lowest BCUT2D eigenvalue weighted by Crippen LogP contribution is -2.69. The maximum absolute atomic E-state index is 14.5. The minimum atomic E-state index is -1.34. The van der Waals surface area contributed by atoms with Crippen molar-refractivity contribution >= 4 is 17.4 Å². The van der Waals surface area contributed by atoms with E-state index in [9.17, 15) is 14.7 Å². The minimum absolute atomic E-state index is 0.0558. The number of likely N-dealkylation sites (tertiary alicyclic amines) is 1. The molecule has 1 saturated heterocycles. The van der Waals surface area contributed by atoms with Crippen molar-refractivity contribution in [1.29, 1.82) is 0 Å². The van der Waals surface area contributed by atoms with Crippen LogP contribution in [0.4, 0.5) is 5.69 Å². The van der Waals surface area contributed by atoms with Gasteiger partial charge in [-0.3, -0.25) is 14.5 Å². The number of piperidine rings is 1. The van der Waals surface area contributed by atoms with Gasteiger partial charge in [-0.1, -0.05) is 49.8 Å². The van der Waals surface area contributed by atoms with E-state index in [4.69, 9.17) is 9.47 Å². The van der Waals surface area contributed by atoms with Gasteiger partial charge in [-0.05, 0) is 68.5 Å². The fraction of sp³-hybridized carbons (Fsp3) is 0.556. The molecule has 1 N–H and O–H groups in total. The lowest BCUT2D eigenvalue weighted by Gasteiger charge is -2.60. The summed E-state index contributed by atoms with van der Waals surface area (Å²) >= 11 is 0. The molecule has 0 radical (unpaired) electrons. The highest BCUT2D eigenvalue weighted by molar-refractivity contribution is 6.05. The molecule has 1 spiro atoms. The molecule has 1 saturated carbocycles. The predicted molar refractivity (Wildman–Crippen MR) is 166 cm³/mol. The average molecular weight is 585 g/mol. The molecule has 7 rings (SSSR count). The van der Waals surface area contributed by atoms with Crippen LogP contribution in [-0.4, -0.2) is 60.3 Å². The van der Waals surface area contributed by atoms with E-state index in [-0.39, 0.29) is 23.7 Å². The van der Waals surface area contributed by atoms with Crippen molar-refractivity contribution < 1.29 is 24.2 Å². The van der Waals surface area contributed by atoms with Gasteiger partial charge in [0.15, 0.2) is 17.3 Å². The highest BCUT2D eigenvalue weighted by atomic mass is 16.6. The Hall–Kier alpha value is -3.16. The molecule has 2 aliphatic carbocycles. The fourth-order valence-corrected chi connectivity index (χ4v) is 9.50. The number of ketones is 1. The largest absolute Gasteiger partial charge is 0.491 e. The molecule has 1 unspecified atom stereocenters. The normalized spacial score (nSPS) is 30.9. The summed E-state index contributed by atoms with van der Waals surface area (Å²) in [5, 5.41) is 12.5. The molecule has 0 aromatic heterocycles. The van der Waals surface area contributed by atoms with Gasteiger partial charge >= 0.3 is 0 Å². The zero-order chi connectivity index (χ0) is 29.9. The SMILES string of the molecule is C=CCN1CC[C@]23c4c5c6c(c(OC)c4O[C@]2(O)CCC[C@H]3[C@H]1C5)N(CCCC)C(=O)CCCC6C(=O)c1ccccc1. The lowest BCUT2D eigenvalue weighted by atomic mass is 9.50. The van der Waals surface area contributed by atoms with Crippen molar-refractivity contribution in [3.8, 4) is 11.5 Å². The molecule has 2 fully saturated rings. The van der Waals surface area contributed by atoms with Gasteiger partial charge in [0.1, 0.15) is 0 Å². The molecule has 7 heteroatoms. The van der Waals surface area contributed by atoms with Gasteiger partial charge < -0.3 is 19.5 Å². The molecule has 3 heterocycles. The van der Waals surface area contributed by atoms with Crippen LogP contribution in [-0.2, 0) is 16.6 Å². The molecule has 3 aliphatic heterocycles. The van der Waals surface area contributed by atoms with E-state index < -0.39 is 17.1 Å². The van der Waals surface area contributed by atoms with Crippen LogP contribution in [0, 0.1) is 5.92 Å². The van der Waals surface area contributed by atoms with Crippen LogP contribution in [0.5, 0.6) is 11.5 Å². The topological polar surface area (TPSA) is 79.3 Å². The van der Waals surface area contributed by atoms with Crippen LogP contribution in [0.1, 0.15) is 97.7 Å². The first-order valence-electron chi connectivity index (χ1n) is 16.3. The standard InChI is InChI=1S/C36H44N2O5/c1-4-6-20-38-28(39)16-10-14-24(32(40)23-12-8-7-9-13-23)29-25-22-27-26-15-11-17-36(41)35(26,18-21-37(27)19-5-2)30(25)33(43-36)34(42-3)31(29)38/h5,7-9,12-13,24,26-27,41H,2,4,6,10-11,14-22H2,1,3H3/t24?,26-,27+,35-,36+/m0/s1. The second-order valence-electron chi connectivity index (χ2n) is 13.2. The summed E-state index contributed by atoms with van der Waals surface area (Å²) in [4.78, 5) is 32.8. The summed E-state index contributed by atoms with van der Waals surface area (Å²) in [6, 6.07) is 9.75. The molecule has 5 atom stereocenters. The molecule has 1 amide bonds. The van der Waals surface area contributed by atoms with Crippen LogP contribution in [0.15, 0.2) is 43.0 Å². The lowest BCUT2D eigenvalue weighted by molar-refractivity contribution is -0.231. The Bertz CT molecular complexity index is 1460. The van der Waals surface area contributed by atoms with Crippen molar-refractivity contribution in [2.75, 3.05) is 31.6 Å². The van der Waals surface area contributed by atoms with E-state index in [1.54, 1.807) is 7.11 Å². The van der Waals surface area contributed by atoms with Crippen molar-refractivity contribution in [3.63, 3.8) is 0 Å². The Morgan fingerprint density at radius 3 is 2.77 bits per heavy atom. The van der Waals surface area contributed by atoms with Gasteiger partial charge in [0, 0.05) is 49.0 Å². The summed E-state index contributed by atoms with van der Waals surface area (Å²) in [5.41, 5.74) is 3.88. The zero-order valence-corrected chi connectivity index (χ0v) is 25.6. The first kappa shape index (κ1) is 28.6. The number of carbonyl (C=O) groups excluding carboxylic acids is 2. The molecule has 2 bridgehead atoms. The highest BCUT2D eigenvalue weighted by Gasteiger charge is 2.71. The van der Waals surface area contributed by atoms with Crippen LogP contribution < -0.4 is 14.4 Å². The number of rotatable bonds is 8. The number of methoxy groups -OCH3 is 1. The maximum atomic E-state index is 14.5. The average Bonchev–Trinajstić information content (AvgIpc) is 3.27. The third-order valence-corrected chi connectivity index (χ3v) is 11.2. The van der Waals surface area contributed by atoms with Gasteiger partial charge in [0.2, 0.25) is 11.7 Å². The number of anilines is 1. The van der Waals surface area contributed by atoms with Gasteiger partial charge in [-0.25, -0.2) is 0 Å². The maximum Gasteiger partial charge on any atom is 0.227 e. The van der Waals surface area contributed by atoms with Crippen LogP contribution >= 0.6 is 0 Å². The quantitative estimate of drug-likeness (QED) is 0.307. The Morgan fingerprint density at radius 1 is 1.21 bits per heavy atom. The Labute approximate surface area is 254 Å². The van der Waals surface area contributed by atoms with Gasteiger partial charge in [0.05, 0.1) is 18.2 Å². The van der Waals surface area contributed by atoms with Crippen LogP contribution in [0.3, 0.4) is 0 Å². The van der Waals surface area contributed by atoms with Crippen molar-refractivity contribution in [2.45, 2.75) is 94.3 Å². The molecule has 2 aromatic rings. The summed E-state index contributed by atoms with van der Waals surface area (Å²) < 4.78 is 13.0. The Kier molecular flexibility index (Phi) is 7.17. The summed E-state index contributed by atoms with van der Waals surface area (Å²) in [5.74, 6) is -0.299. The second-order valence-corrected chi connectivity index (χ2v) is 13.2. The van der Waals surface area contributed by atoms with E-state index in [2.05, 4.69) is 18.4 Å². The molecule has 5 aliphatic rings. The monoisotopic (exact) mass is 584 g/mol. The summed E-state index contributed by atoms with van der Waals surface area (Å²) in [6.45, 7) is 8.36. The smallest absolute Gasteiger partial charge is 0.227 e. The minimum Gasteiger partial charge on any atom is -0.491 e. The number of amides is 1. The number of benzene rings is 2. The van der Waals surface area contributed by atoms with E-state index in [0.717, 1.165) is 68.3 Å². The molecule has 2 aromatic carbocycles. The molecule has 228 valence electrons. The first-order chi connectivity index (χ1) is 20.9. The van der Waals surface area contributed by atoms with Crippen LogP contribution in [0.25, 0.3) is 0 Å². The second kappa shape index (κ2) is 10.8. The third-order valence-electron chi connectivity index (χ3n) is 11.2. The predicted octanol–water partition coefficient (Wildman–Crippen LogP) is 5.91. The molecular weight excluding hydrogens is 540 g/mol. The number of hydrogen-bond donors (Lipinski definition) is 1. The highest BCUT2D eigenvalue weighted by Crippen LogP contribution is 2.69. The number of nitrogens with zero attached hydrogens (tertiary/aromatic N) is 2. The molecule has 43 heavy (non-hydrogen) atoms. The first-order valence-corrected chi connectivity index (χ1v) is 16.3. The summed E-state index contributed by atoms with van der Waals surface area (Å²) in [7, 11) is 1.64. The number of ether oxygens (including phenoxy) is 2. The Balaban J connectivity index is 1.55. The number of aliphatic hydroxyl groups is 1. The molecule has 7 nitrogen and oxygen atoms in total.